The lowest BCUT2D eigenvalue weighted by Crippen LogP contribution is -2.14. The van der Waals surface area contributed by atoms with Crippen LogP contribution in [-0.4, -0.2) is 72.2 Å². The van der Waals surface area contributed by atoms with E-state index in [2.05, 4.69) is 6.58 Å². The smallest absolute Gasteiger partial charge is 0.111 e. The van der Waals surface area contributed by atoms with Gasteiger partial charge in [0.05, 0.1) is 71.8 Å². The van der Waals surface area contributed by atoms with Crippen LogP contribution in [0, 0.1) is 0 Å². The zero-order chi connectivity index (χ0) is 15.6. The Hall–Kier alpha value is -0.660. The summed E-state index contributed by atoms with van der Waals surface area (Å²) in [5.74, 6) is 0. The highest BCUT2D eigenvalue weighted by molar-refractivity contribution is 4.47. The summed E-state index contributed by atoms with van der Waals surface area (Å²) in [5.41, 5.74) is 0. The highest BCUT2D eigenvalue weighted by atomic mass is 16.6. The average Bonchev–Trinajstić information content (AvgIpc) is 2.46. The Kier molecular flexibility index (Phi) is 16.8. The molecule has 0 rings (SSSR count). The largest absolute Gasteiger partial charge is 0.499 e. The van der Waals surface area contributed by atoms with E-state index in [0.717, 1.165) is 0 Å². The lowest BCUT2D eigenvalue weighted by Gasteiger charge is -2.09. The fraction of sp³-hybridized carbons (Fsp3) is 0.867. The first kappa shape index (κ1) is 20.3. The van der Waals surface area contributed by atoms with Crippen LogP contribution in [0.2, 0.25) is 0 Å². The van der Waals surface area contributed by atoms with Crippen LogP contribution in [0.4, 0.5) is 0 Å². The maximum Gasteiger partial charge on any atom is 0.111 e. The van der Waals surface area contributed by atoms with Crippen LogP contribution in [0.3, 0.4) is 0 Å². The van der Waals surface area contributed by atoms with Gasteiger partial charge in [-0.3, -0.25) is 0 Å². The van der Waals surface area contributed by atoms with Crippen molar-refractivity contribution in [1.82, 2.24) is 0 Å². The highest BCUT2D eigenvalue weighted by Gasteiger charge is 1.94. The maximum absolute atomic E-state index is 5.36. The van der Waals surface area contributed by atoms with Gasteiger partial charge in [0.15, 0.2) is 0 Å². The number of rotatable bonds is 17. The Morgan fingerprint density at radius 1 is 0.667 bits per heavy atom. The molecule has 6 nitrogen and oxygen atoms in total. The second-order valence-electron chi connectivity index (χ2n) is 4.41. The van der Waals surface area contributed by atoms with E-state index >= 15 is 0 Å². The Morgan fingerprint density at radius 3 is 1.43 bits per heavy atom. The number of hydrogen-bond donors (Lipinski definition) is 0. The quantitative estimate of drug-likeness (QED) is 0.301. The van der Waals surface area contributed by atoms with Gasteiger partial charge in [0.25, 0.3) is 0 Å². The van der Waals surface area contributed by atoms with E-state index in [1.54, 1.807) is 0 Å². The lowest BCUT2D eigenvalue weighted by atomic mass is 10.5. The molecule has 0 spiro atoms. The first-order valence-corrected chi connectivity index (χ1v) is 7.42. The summed E-state index contributed by atoms with van der Waals surface area (Å²) in [6.07, 6.45) is 1.65. The standard InChI is InChI=1S/C15H30O6/c1-4-16-5-6-17-7-8-18-9-10-19-11-12-20-13-14-21-15(2)3/h4,15H,1,5-14H2,2-3H3. The molecule has 0 heterocycles. The molecule has 0 atom stereocenters. The highest BCUT2D eigenvalue weighted by Crippen LogP contribution is 1.88. The topological polar surface area (TPSA) is 55.4 Å². The SMILES string of the molecule is C=COCCOCCOCCOCCOCCOC(C)C. The van der Waals surface area contributed by atoms with Gasteiger partial charge in [-0.1, -0.05) is 6.58 Å². The second-order valence-corrected chi connectivity index (χ2v) is 4.41. The van der Waals surface area contributed by atoms with Gasteiger partial charge >= 0.3 is 0 Å². The summed E-state index contributed by atoms with van der Waals surface area (Å²) in [4.78, 5) is 0. The normalized spacial score (nSPS) is 11.0. The zero-order valence-electron chi connectivity index (χ0n) is 13.4. The summed E-state index contributed by atoms with van der Waals surface area (Å²) >= 11 is 0. The second kappa shape index (κ2) is 17.4. The Labute approximate surface area is 128 Å². The predicted molar refractivity (Wildman–Crippen MR) is 80.5 cm³/mol. The molecular weight excluding hydrogens is 276 g/mol. The van der Waals surface area contributed by atoms with E-state index in [1.807, 2.05) is 13.8 Å². The van der Waals surface area contributed by atoms with E-state index < -0.39 is 0 Å². The van der Waals surface area contributed by atoms with Crippen molar-refractivity contribution >= 4 is 0 Å². The first-order valence-electron chi connectivity index (χ1n) is 7.42. The van der Waals surface area contributed by atoms with Crippen LogP contribution in [0.1, 0.15) is 13.8 Å². The molecule has 126 valence electrons. The third kappa shape index (κ3) is 19.3. The molecule has 0 bridgehead atoms. The van der Waals surface area contributed by atoms with Gasteiger partial charge in [-0.15, -0.1) is 0 Å². The van der Waals surface area contributed by atoms with Crippen molar-refractivity contribution in [3.05, 3.63) is 12.8 Å². The van der Waals surface area contributed by atoms with Crippen LogP contribution < -0.4 is 0 Å². The molecule has 0 aliphatic carbocycles. The third-order valence-corrected chi connectivity index (χ3v) is 2.26. The van der Waals surface area contributed by atoms with Gasteiger partial charge in [-0.25, -0.2) is 0 Å². The van der Waals surface area contributed by atoms with Crippen LogP contribution >= 0.6 is 0 Å². The van der Waals surface area contributed by atoms with Crippen molar-refractivity contribution in [2.75, 3.05) is 66.1 Å². The monoisotopic (exact) mass is 306 g/mol. The van der Waals surface area contributed by atoms with Crippen LogP contribution in [0.15, 0.2) is 12.8 Å². The van der Waals surface area contributed by atoms with Crippen molar-refractivity contribution in [3.8, 4) is 0 Å². The van der Waals surface area contributed by atoms with Crippen molar-refractivity contribution in [1.29, 1.82) is 0 Å². The number of hydrogen-bond acceptors (Lipinski definition) is 6. The van der Waals surface area contributed by atoms with Crippen LogP contribution in [0.25, 0.3) is 0 Å². The van der Waals surface area contributed by atoms with Crippen LogP contribution in [-0.2, 0) is 28.4 Å². The van der Waals surface area contributed by atoms with Crippen molar-refractivity contribution in [2.45, 2.75) is 20.0 Å². The van der Waals surface area contributed by atoms with Gasteiger partial charge in [-0.05, 0) is 13.8 Å². The molecule has 0 aromatic carbocycles. The summed E-state index contributed by atoms with van der Waals surface area (Å²) in [6.45, 7) is 13.1. The molecule has 0 unspecified atom stereocenters. The van der Waals surface area contributed by atoms with Gasteiger partial charge in [0.2, 0.25) is 0 Å². The molecule has 0 aliphatic heterocycles. The molecule has 0 aromatic rings. The molecule has 0 N–H and O–H groups in total. The van der Waals surface area contributed by atoms with E-state index in [9.17, 15) is 0 Å². The summed E-state index contributed by atoms with van der Waals surface area (Å²) in [7, 11) is 0. The molecule has 0 radical (unpaired) electrons. The van der Waals surface area contributed by atoms with Crippen molar-refractivity contribution in [2.24, 2.45) is 0 Å². The minimum Gasteiger partial charge on any atom is -0.499 e. The van der Waals surface area contributed by atoms with E-state index in [4.69, 9.17) is 28.4 Å². The zero-order valence-corrected chi connectivity index (χ0v) is 13.4. The van der Waals surface area contributed by atoms with Gasteiger partial charge in [0.1, 0.15) is 6.61 Å². The average molecular weight is 306 g/mol. The Morgan fingerprint density at radius 2 is 1.05 bits per heavy atom. The fourth-order valence-electron chi connectivity index (χ4n) is 1.29. The molecule has 0 amide bonds. The fourth-order valence-corrected chi connectivity index (χ4v) is 1.29. The Balaban J connectivity index is 2.95. The molecule has 0 saturated heterocycles. The molecule has 0 fully saturated rings. The lowest BCUT2D eigenvalue weighted by molar-refractivity contribution is -0.0192. The number of ether oxygens (including phenoxy) is 6. The van der Waals surface area contributed by atoms with Crippen molar-refractivity contribution < 1.29 is 28.4 Å². The predicted octanol–water partition coefficient (Wildman–Crippen LogP) is 1.64. The molecule has 0 aromatic heterocycles. The molecule has 21 heavy (non-hydrogen) atoms. The first-order chi connectivity index (χ1) is 10.3. The van der Waals surface area contributed by atoms with Crippen LogP contribution in [0.5, 0.6) is 0 Å². The summed E-state index contributed by atoms with van der Waals surface area (Å²) in [6, 6.07) is 0. The van der Waals surface area contributed by atoms with E-state index in [1.165, 1.54) is 6.26 Å². The van der Waals surface area contributed by atoms with Gasteiger partial charge < -0.3 is 28.4 Å². The summed E-state index contributed by atoms with van der Waals surface area (Å²) in [5, 5.41) is 0. The van der Waals surface area contributed by atoms with E-state index in [-0.39, 0.29) is 6.10 Å². The molecule has 0 saturated carbocycles. The summed E-state index contributed by atoms with van der Waals surface area (Å²) < 4.78 is 31.6. The van der Waals surface area contributed by atoms with E-state index in [0.29, 0.717) is 66.1 Å². The Bertz CT molecular complexity index is 210. The minimum atomic E-state index is 0.250. The molecule has 6 heteroatoms. The minimum absolute atomic E-state index is 0.250. The third-order valence-electron chi connectivity index (χ3n) is 2.26. The maximum atomic E-state index is 5.36. The van der Waals surface area contributed by atoms with Crippen molar-refractivity contribution in [3.63, 3.8) is 0 Å². The van der Waals surface area contributed by atoms with Gasteiger partial charge in [-0.2, -0.15) is 0 Å². The van der Waals surface area contributed by atoms with Gasteiger partial charge in [0, 0.05) is 0 Å². The molecule has 0 aliphatic rings. The molecular formula is C15H30O6.